The fourth-order valence-corrected chi connectivity index (χ4v) is 2.08. The quantitative estimate of drug-likeness (QED) is 0.832. The van der Waals surface area contributed by atoms with Gasteiger partial charge in [-0.05, 0) is 24.6 Å². The van der Waals surface area contributed by atoms with Crippen molar-refractivity contribution in [3.05, 3.63) is 28.8 Å². The third-order valence-corrected chi connectivity index (χ3v) is 3.06. The molecule has 0 aliphatic rings. The fraction of sp³-hybridized carbons (Fsp3) is 0.333. The van der Waals surface area contributed by atoms with E-state index in [0.717, 1.165) is 12.1 Å². The molecule has 1 atom stereocenters. The predicted octanol–water partition coefficient (Wildman–Crippen LogP) is 3.61. The maximum absolute atomic E-state index is 12.6. The van der Waals surface area contributed by atoms with Crippen molar-refractivity contribution in [2.45, 2.75) is 19.5 Å². The Morgan fingerprint density at radius 2 is 2.05 bits per heavy atom. The number of halogens is 4. The van der Waals surface area contributed by atoms with Crippen LogP contribution < -0.4 is 11.1 Å². The monoisotopic (exact) mass is 324 g/mol. The summed E-state index contributed by atoms with van der Waals surface area (Å²) in [5, 5.41) is 2.21. The number of carbonyl (C=O) groups excluding carboxylic acids is 1. The average molecular weight is 325 g/mol. The first kappa shape index (κ1) is 16.7. The van der Waals surface area contributed by atoms with Crippen LogP contribution in [0.3, 0.4) is 0 Å². The number of carbonyl (C=O) groups is 1. The Bertz CT molecular complexity index is 534. The van der Waals surface area contributed by atoms with Crippen LogP contribution in [0, 0.1) is 5.92 Å². The van der Waals surface area contributed by atoms with Gasteiger partial charge in [-0.3, -0.25) is 4.79 Å². The van der Waals surface area contributed by atoms with Crippen LogP contribution in [0.15, 0.2) is 18.2 Å². The number of thiocarbonyl (C=S) groups is 1. The molecule has 0 radical (unpaired) electrons. The lowest BCUT2D eigenvalue weighted by Crippen LogP contribution is -2.32. The average Bonchev–Trinajstić information content (AvgIpc) is 2.26. The number of nitrogens with two attached hydrogens (primary N) is 1. The van der Waals surface area contributed by atoms with Gasteiger partial charge in [0.15, 0.2) is 0 Å². The van der Waals surface area contributed by atoms with E-state index < -0.39 is 23.6 Å². The summed E-state index contributed by atoms with van der Waals surface area (Å²) in [6.45, 7) is 1.70. The highest BCUT2D eigenvalue weighted by molar-refractivity contribution is 7.80. The van der Waals surface area contributed by atoms with Gasteiger partial charge in [-0.25, -0.2) is 0 Å². The topological polar surface area (TPSA) is 55.1 Å². The highest BCUT2D eigenvalue weighted by Crippen LogP contribution is 2.33. The fourth-order valence-electron chi connectivity index (χ4n) is 1.57. The summed E-state index contributed by atoms with van der Waals surface area (Å²) >= 11 is 10.3. The van der Waals surface area contributed by atoms with Crippen molar-refractivity contribution >= 4 is 40.4 Å². The van der Waals surface area contributed by atoms with Gasteiger partial charge in [-0.1, -0.05) is 30.7 Å². The number of rotatable bonds is 4. The van der Waals surface area contributed by atoms with Crippen LogP contribution in [-0.4, -0.2) is 10.9 Å². The maximum Gasteiger partial charge on any atom is 0.416 e. The zero-order valence-electron chi connectivity index (χ0n) is 10.4. The van der Waals surface area contributed by atoms with E-state index in [2.05, 4.69) is 5.32 Å². The Kier molecular flexibility index (Phi) is 5.35. The van der Waals surface area contributed by atoms with Gasteiger partial charge >= 0.3 is 6.18 Å². The molecule has 0 heterocycles. The molecular weight excluding hydrogens is 313 g/mol. The van der Waals surface area contributed by atoms with Crippen LogP contribution in [0.1, 0.15) is 18.9 Å². The molecule has 110 valence electrons. The predicted molar refractivity (Wildman–Crippen MR) is 75.7 cm³/mol. The minimum absolute atomic E-state index is 0.0110. The number of hydrogen-bond donors (Lipinski definition) is 2. The molecule has 0 saturated heterocycles. The van der Waals surface area contributed by atoms with Crippen molar-refractivity contribution in [2.75, 3.05) is 5.32 Å². The molecule has 1 unspecified atom stereocenters. The van der Waals surface area contributed by atoms with Crippen molar-refractivity contribution in [3.63, 3.8) is 0 Å². The molecule has 0 bridgehead atoms. The van der Waals surface area contributed by atoms with E-state index in [9.17, 15) is 18.0 Å². The highest BCUT2D eigenvalue weighted by Gasteiger charge is 2.31. The molecule has 0 aromatic heterocycles. The Hall–Kier alpha value is -1.34. The Balaban J connectivity index is 3.01. The molecule has 0 aliphatic carbocycles. The maximum atomic E-state index is 12.6. The first-order valence-electron chi connectivity index (χ1n) is 5.63. The van der Waals surface area contributed by atoms with Gasteiger partial charge in [0.1, 0.15) is 0 Å². The van der Waals surface area contributed by atoms with Crippen molar-refractivity contribution in [1.29, 1.82) is 0 Å². The molecular formula is C12H12ClF3N2OS. The summed E-state index contributed by atoms with van der Waals surface area (Å²) in [6.07, 6.45) is -4.19. The van der Waals surface area contributed by atoms with Crippen LogP contribution in [0.25, 0.3) is 0 Å². The van der Waals surface area contributed by atoms with Crippen molar-refractivity contribution < 1.29 is 18.0 Å². The summed E-state index contributed by atoms with van der Waals surface area (Å²) in [5.74, 6) is -1.30. The first-order valence-corrected chi connectivity index (χ1v) is 6.41. The molecule has 3 N–H and O–H groups in total. The molecule has 1 aromatic rings. The van der Waals surface area contributed by atoms with Crippen LogP contribution in [-0.2, 0) is 11.0 Å². The molecule has 8 heteroatoms. The van der Waals surface area contributed by atoms with E-state index >= 15 is 0 Å². The van der Waals surface area contributed by atoms with Crippen LogP contribution >= 0.6 is 23.8 Å². The molecule has 1 rings (SSSR count). The summed E-state index contributed by atoms with van der Waals surface area (Å²) < 4.78 is 37.9. The van der Waals surface area contributed by atoms with Gasteiger partial charge in [0.05, 0.1) is 16.5 Å². The van der Waals surface area contributed by atoms with Gasteiger partial charge in [0.25, 0.3) is 0 Å². The minimum atomic E-state index is -4.54. The molecule has 0 saturated carbocycles. The van der Waals surface area contributed by atoms with E-state index in [0.29, 0.717) is 6.42 Å². The zero-order valence-corrected chi connectivity index (χ0v) is 12.0. The number of anilines is 1. The van der Waals surface area contributed by atoms with Crippen molar-refractivity contribution in [2.24, 2.45) is 11.7 Å². The second-order valence-corrected chi connectivity index (χ2v) is 4.99. The SMILES string of the molecule is CCC(C(=O)Nc1cc(Cl)cc(C(F)(F)F)c1)C(N)=S. The number of hydrogen-bond acceptors (Lipinski definition) is 2. The molecule has 0 aliphatic heterocycles. The second kappa shape index (κ2) is 6.41. The minimum Gasteiger partial charge on any atom is -0.393 e. The van der Waals surface area contributed by atoms with E-state index in [4.69, 9.17) is 29.6 Å². The van der Waals surface area contributed by atoms with E-state index in [-0.39, 0.29) is 15.7 Å². The van der Waals surface area contributed by atoms with Crippen LogP contribution in [0.5, 0.6) is 0 Å². The Morgan fingerprint density at radius 3 is 2.50 bits per heavy atom. The van der Waals surface area contributed by atoms with E-state index in [1.54, 1.807) is 6.92 Å². The highest BCUT2D eigenvalue weighted by atomic mass is 35.5. The van der Waals surface area contributed by atoms with Crippen molar-refractivity contribution in [3.8, 4) is 0 Å². The Labute approximate surface area is 124 Å². The molecule has 0 fully saturated rings. The lowest BCUT2D eigenvalue weighted by atomic mass is 10.1. The summed E-state index contributed by atoms with van der Waals surface area (Å²) in [4.78, 5) is 11.8. The number of alkyl halides is 3. The lowest BCUT2D eigenvalue weighted by Gasteiger charge is -2.15. The molecule has 20 heavy (non-hydrogen) atoms. The summed E-state index contributed by atoms with van der Waals surface area (Å²) in [7, 11) is 0. The standard InChI is InChI=1S/C12H12ClF3N2OS/c1-2-9(10(17)20)11(19)18-8-4-6(12(14,15)16)3-7(13)5-8/h3-5,9H,2H2,1H3,(H2,17,20)(H,18,19). The van der Waals surface area contributed by atoms with E-state index in [1.807, 2.05) is 0 Å². The largest absolute Gasteiger partial charge is 0.416 e. The van der Waals surface area contributed by atoms with Crippen LogP contribution in [0.4, 0.5) is 18.9 Å². The molecule has 0 spiro atoms. The third-order valence-electron chi connectivity index (χ3n) is 2.56. The number of amides is 1. The van der Waals surface area contributed by atoms with Gasteiger partial charge in [-0.15, -0.1) is 0 Å². The first-order chi connectivity index (χ1) is 9.15. The smallest absolute Gasteiger partial charge is 0.393 e. The normalized spacial score (nSPS) is 12.8. The summed E-state index contributed by atoms with van der Waals surface area (Å²) in [6, 6.07) is 2.80. The number of benzene rings is 1. The third kappa shape index (κ3) is 4.35. The van der Waals surface area contributed by atoms with Gasteiger partial charge in [0.2, 0.25) is 5.91 Å². The van der Waals surface area contributed by atoms with Crippen molar-refractivity contribution in [1.82, 2.24) is 0 Å². The Morgan fingerprint density at radius 1 is 1.45 bits per heavy atom. The second-order valence-electron chi connectivity index (χ2n) is 4.08. The zero-order chi connectivity index (χ0) is 15.5. The van der Waals surface area contributed by atoms with Gasteiger partial charge in [-0.2, -0.15) is 13.2 Å². The molecule has 1 aromatic carbocycles. The molecule has 3 nitrogen and oxygen atoms in total. The summed E-state index contributed by atoms with van der Waals surface area (Å²) in [5.41, 5.74) is 4.40. The molecule has 1 amide bonds. The van der Waals surface area contributed by atoms with Gasteiger partial charge < -0.3 is 11.1 Å². The lowest BCUT2D eigenvalue weighted by molar-refractivity contribution is -0.137. The van der Waals surface area contributed by atoms with Gasteiger partial charge in [0, 0.05) is 10.7 Å². The number of nitrogens with one attached hydrogen (secondary N) is 1. The van der Waals surface area contributed by atoms with E-state index in [1.165, 1.54) is 6.07 Å². The van der Waals surface area contributed by atoms with Crippen LogP contribution in [0.2, 0.25) is 5.02 Å².